The van der Waals surface area contributed by atoms with Crippen LogP contribution in [0.5, 0.6) is 11.6 Å². The van der Waals surface area contributed by atoms with E-state index in [2.05, 4.69) is 15.4 Å². The molecular formula is C24H26F2N4O3. The van der Waals surface area contributed by atoms with Gasteiger partial charge in [0.05, 0.1) is 18.8 Å². The van der Waals surface area contributed by atoms with E-state index in [1.807, 2.05) is 16.9 Å². The molecule has 0 radical (unpaired) electrons. The second kappa shape index (κ2) is 8.96. The molecule has 9 heteroatoms. The molecule has 2 N–H and O–H groups in total. The number of nitrogens with one attached hydrogen (secondary N) is 1. The summed E-state index contributed by atoms with van der Waals surface area (Å²) in [6, 6.07) is 3.90. The Hall–Kier alpha value is -3.23. The normalized spacial score (nSPS) is 20.7. The number of ether oxygens (including phenoxy) is 1. The Kier molecular flexibility index (Phi) is 5.86. The molecule has 2 heterocycles. The number of halogens is 2. The number of rotatable bonds is 7. The summed E-state index contributed by atoms with van der Waals surface area (Å²) in [7, 11) is 0. The Morgan fingerprint density at radius 3 is 2.48 bits per heavy atom. The Labute approximate surface area is 189 Å². The van der Waals surface area contributed by atoms with Crippen LogP contribution >= 0.6 is 0 Å². The molecule has 2 aliphatic carbocycles. The van der Waals surface area contributed by atoms with Crippen LogP contribution in [-0.2, 0) is 0 Å². The lowest BCUT2D eigenvalue weighted by Crippen LogP contribution is -2.31. The first-order chi connectivity index (χ1) is 16.0. The topological polar surface area (TPSA) is 89.3 Å². The largest absolute Gasteiger partial charge is 0.503 e. The standard InChI is InChI=1S/C24H26F2N4O3/c25-19-7-16(8-20(26)23(19)31)24(32)28-10-14-3-5-18(6-4-14)30-12-17-9-22(27-11-21(17)29-30)33-13-15-1-2-15/h7-9,11-12,14-15,18,31H,1-6,10,13H2,(H,28,32)/t14-,18-. The van der Waals surface area contributed by atoms with E-state index in [1.54, 1.807) is 6.20 Å². The van der Waals surface area contributed by atoms with Crippen LogP contribution in [0.25, 0.3) is 10.9 Å². The lowest BCUT2D eigenvalue weighted by Gasteiger charge is -2.28. The van der Waals surface area contributed by atoms with Gasteiger partial charge in [-0.15, -0.1) is 0 Å². The number of aromatic nitrogens is 3. The molecule has 2 aliphatic rings. The van der Waals surface area contributed by atoms with E-state index < -0.39 is 23.3 Å². The highest BCUT2D eigenvalue weighted by Gasteiger charge is 2.25. The highest BCUT2D eigenvalue weighted by atomic mass is 19.1. The summed E-state index contributed by atoms with van der Waals surface area (Å²) < 4.78 is 34.7. The van der Waals surface area contributed by atoms with Crippen molar-refractivity contribution in [2.45, 2.75) is 44.6 Å². The number of aromatic hydroxyl groups is 1. The predicted octanol–water partition coefficient (Wildman–Crippen LogP) is 4.37. The molecule has 2 aromatic heterocycles. The molecule has 3 aromatic rings. The number of amides is 1. The van der Waals surface area contributed by atoms with Crippen LogP contribution in [0, 0.1) is 23.5 Å². The van der Waals surface area contributed by atoms with Crippen LogP contribution in [0.15, 0.2) is 30.6 Å². The van der Waals surface area contributed by atoms with Crippen LogP contribution in [0.2, 0.25) is 0 Å². The van der Waals surface area contributed by atoms with Crippen LogP contribution in [-0.4, -0.2) is 38.9 Å². The van der Waals surface area contributed by atoms with Crippen LogP contribution < -0.4 is 10.1 Å². The van der Waals surface area contributed by atoms with Gasteiger partial charge in [0, 0.05) is 29.8 Å². The molecule has 0 unspecified atom stereocenters. The fraction of sp³-hybridized carbons (Fsp3) is 0.458. The molecule has 174 valence electrons. The van der Waals surface area contributed by atoms with Crippen molar-refractivity contribution < 1.29 is 23.4 Å². The van der Waals surface area contributed by atoms with Crippen LogP contribution in [0.4, 0.5) is 8.78 Å². The molecule has 0 bridgehead atoms. The van der Waals surface area contributed by atoms with Gasteiger partial charge < -0.3 is 15.2 Å². The minimum atomic E-state index is -1.15. The Morgan fingerprint density at radius 1 is 1.09 bits per heavy atom. The Balaban J connectivity index is 1.14. The summed E-state index contributed by atoms with van der Waals surface area (Å²) in [5, 5.41) is 17.6. The number of carbonyl (C=O) groups is 1. The molecule has 0 saturated heterocycles. The van der Waals surface area contributed by atoms with Crippen molar-refractivity contribution in [1.29, 1.82) is 0 Å². The number of hydrogen-bond acceptors (Lipinski definition) is 5. The van der Waals surface area contributed by atoms with Crippen molar-refractivity contribution in [3.05, 3.63) is 47.8 Å². The van der Waals surface area contributed by atoms with Gasteiger partial charge in [-0.05, 0) is 62.5 Å². The summed E-state index contributed by atoms with van der Waals surface area (Å²) in [6.07, 6.45) is 9.94. The van der Waals surface area contributed by atoms with Gasteiger partial charge in [0.2, 0.25) is 5.88 Å². The third-order valence-corrected chi connectivity index (χ3v) is 6.57. The summed E-state index contributed by atoms with van der Waals surface area (Å²) in [6.45, 7) is 1.16. The molecular weight excluding hydrogens is 430 g/mol. The average molecular weight is 456 g/mol. The molecule has 0 spiro atoms. The third-order valence-electron chi connectivity index (χ3n) is 6.57. The van der Waals surface area contributed by atoms with Gasteiger partial charge in [0.25, 0.3) is 5.91 Å². The maximum Gasteiger partial charge on any atom is 0.251 e. The van der Waals surface area contributed by atoms with Gasteiger partial charge >= 0.3 is 0 Å². The highest BCUT2D eigenvalue weighted by Crippen LogP contribution is 2.33. The van der Waals surface area contributed by atoms with Crippen molar-refractivity contribution >= 4 is 16.8 Å². The molecule has 5 rings (SSSR count). The molecule has 0 aliphatic heterocycles. The number of phenolic OH excluding ortho intramolecular Hbond substituents is 1. The quantitative estimate of drug-likeness (QED) is 0.551. The van der Waals surface area contributed by atoms with Gasteiger partial charge in [0.1, 0.15) is 5.52 Å². The van der Waals surface area contributed by atoms with E-state index in [-0.39, 0.29) is 17.5 Å². The number of phenols is 1. The minimum Gasteiger partial charge on any atom is -0.503 e. The van der Waals surface area contributed by atoms with E-state index in [4.69, 9.17) is 4.74 Å². The zero-order valence-electron chi connectivity index (χ0n) is 18.1. The van der Waals surface area contributed by atoms with Crippen LogP contribution in [0.1, 0.15) is 54.9 Å². The smallest absolute Gasteiger partial charge is 0.251 e. The average Bonchev–Trinajstić information content (AvgIpc) is 3.56. The summed E-state index contributed by atoms with van der Waals surface area (Å²) in [4.78, 5) is 16.6. The van der Waals surface area contributed by atoms with Crippen molar-refractivity contribution in [2.75, 3.05) is 13.2 Å². The van der Waals surface area contributed by atoms with E-state index in [1.165, 1.54) is 12.8 Å². The number of carbonyl (C=O) groups excluding carboxylic acids is 1. The van der Waals surface area contributed by atoms with Gasteiger partial charge in [0.15, 0.2) is 17.4 Å². The molecule has 0 atom stereocenters. The number of nitrogens with zero attached hydrogens (tertiary/aromatic N) is 3. The first-order valence-corrected chi connectivity index (χ1v) is 11.4. The van der Waals surface area contributed by atoms with E-state index in [0.717, 1.165) is 55.3 Å². The molecule has 1 amide bonds. The Morgan fingerprint density at radius 2 is 1.79 bits per heavy atom. The number of hydrogen-bond donors (Lipinski definition) is 2. The maximum atomic E-state index is 13.5. The van der Waals surface area contributed by atoms with Crippen LogP contribution in [0.3, 0.4) is 0 Å². The molecule has 33 heavy (non-hydrogen) atoms. The second-order valence-electron chi connectivity index (χ2n) is 9.12. The highest BCUT2D eigenvalue weighted by molar-refractivity contribution is 5.94. The van der Waals surface area contributed by atoms with Gasteiger partial charge in [-0.3, -0.25) is 9.48 Å². The third kappa shape index (κ3) is 4.91. The minimum absolute atomic E-state index is 0.145. The van der Waals surface area contributed by atoms with Gasteiger partial charge in [-0.1, -0.05) is 0 Å². The van der Waals surface area contributed by atoms with Crippen molar-refractivity contribution in [3.8, 4) is 11.6 Å². The number of benzene rings is 1. The fourth-order valence-corrected chi connectivity index (χ4v) is 4.33. The van der Waals surface area contributed by atoms with E-state index in [0.29, 0.717) is 18.3 Å². The first-order valence-electron chi connectivity index (χ1n) is 11.4. The molecule has 7 nitrogen and oxygen atoms in total. The maximum absolute atomic E-state index is 13.5. The number of pyridine rings is 1. The SMILES string of the molecule is O=C(NC[C@H]1CC[C@H](n2cc3cc(OCC4CC4)ncc3n2)CC1)c1cc(F)c(O)c(F)c1. The lowest BCUT2D eigenvalue weighted by molar-refractivity contribution is 0.0940. The molecule has 1 aromatic carbocycles. The Bertz CT molecular complexity index is 1150. The van der Waals surface area contributed by atoms with Crippen molar-refractivity contribution in [3.63, 3.8) is 0 Å². The van der Waals surface area contributed by atoms with Crippen molar-refractivity contribution in [2.24, 2.45) is 11.8 Å². The van der Waals surface area contributed by atoms with Crippen molar-refractivity contribution in [1.82, 2.24) is 20.1 Å². The van der Waals surface area contributed by atoms with E-state index in [9.17, 15) is 18.7 Å². The monoisotopic (exact) mass is 456 g/mol. The second-order valence-corrected chi connectivity index (χ2v) is 9.12. The zero-order valence-corrected chi connectivity index (χ0v) is 18.1. The summed E-state index contributed by atoms with van der Waals surface area (Å²) in [5.41, 5.74) is 0.699. The van der Waals surface area contributed by atoms with E-state index >= 15 is 0 Å². The fourth-order valence-electron chi connectivity index (χ4n) is 4.33. The summed E-state index contributed by atoms with van der Waals surface area (Å²) in [5.74, 6) is -2.33. The lowest BCUT2D eigenvalue weighted by atomic mass is 9.86. The molecule has 2 fully saturated rings. The first kappa shape index (κ1) is 21.6. The summed E-state index contributed by atoms with van der Waals surface area (Å²) >= 11 is 0. The zero-order chi connectivity index (χ0) is 22.9. The van der Waals surface area contributed by atoms with Gasteiger partial charge in [-0.25, -0.2) is 13.8 Å². The molecule has 2 saturated carbocycles. The van der Waals surface area contributed by atoms with Gasteiger partial charge in [-0.2, -0.15) is 5.10 Å². The number of fused-ring (bicyclic) bond motifs is 1. The predicted molar refractivity (Wildman–Crippen MR) is 117 cm³/mol.